The fraction of sp³-hybridized carbons (Fsp3) is 0.588. The Hall–Kier alpha value is -1.44. The average Bonchev–Trinajstić information content (AvgIpc) is 3.04. The van der Waals surface area contributed by atoms with Crippen LogP contribution in [0.5, 0.6) is 0 Å². The molecule has 134 valence electrons. The van der Waals surface area contributed by atoms with Gasteiger partial charge in [0.05, 0.1) is 4.90 Å². The van der Waals surface area contributed by atoms with Gasteiger partial charge in [-0.15, -0.1) is 0 Å². The SMILES string of the molecule is CCN(CC)S(=O)(=O)c1ccc(C)c(C(=O)N2CCC(CN)C2)c1. The second-order valence-electron chi connectivity index (χ2n) is 6.21. The zero-order valence-corrected chi connectivity index (χ0v) is 15.5. The largest absolute Gasteiger partial charge is 0.338 e. The Bertz CT molecular complexity index is 699. The van der Waals surface area contributed by atoms with Gasteiger partial charge in [-0.2, -0.15) is 4.31 Å². The monoisotopic (exact) mass is 353 g/mol. The van der Waals surface area contributed by atoms with Crippen LogP contribution >= 0.6 is 0 Å². The molecule has 1 amide bonds. The summed E-state index contributed by atoms with van der Waals surface area (Å²) in [5, 5.41) is 0. The van der Waals surface area contributed by atoms with Crippen LogP contribution in [0.15, 0.2) is 23.1 Å². The lowest BCUT2D eigenvalue weighted by atomic mass is 10.1. The van der Waals surface area contributed by atoms with Crippen LogP contribution in [0.1, 0.15) is 36.2 Å². The predicted octanol–water partition coefficient (Wildman–Crippen LogP) is 1.45. The number of carbonyl (C=O) groups is 1. The number of nitrogens with zero attached hydrogens (tertiary/aromatic N) is 2. The second kappa shape index (κ2) is 7.63. The minimum Gasteiger partial charge on any atom is -0.338 e. The van der Waals surface area contributed by atoms with Crippen LogP contribution < -0.4 is 5.73 Å². The summed E-state index contributed by atoms with van der Waals surface area (Å²) in [6.07, 6.45) is 0.902. The minimum absolute atomic E-state index is 0.111. The van der Waals surface area contributed by atoms with Crippen LogP contribution in [0.4, 0.5) is 0 Å². The molecule has 0 aliphatic carbocycles. The maximum atomic E-state index is 12.8. The first-order valence-electron chi connectivity index (χ1n) is 8.45. The molecule has 1 fully saturated rings. The standard InChI is InChI=1S/C17H27N3O3S/c1-4-20(5-2)24(22,23)15-7-6-13(3)16(10-15)17(21)19-9-8-14(11-18)12-19/h6-7,10,14H,4-5,8-9,11-12,18H2,1-3H3. The Morgan fingerprint density at radius 2 is 2.00 bits per heavy atom. The van der Waals surface area contributed by atoms with Crippen molar-refractivity contribution < 1.29 is 13.2 Å². The minimum atomic E-state index is -3.57. The topological polar surface area (TPSA) is 83.7 Å². The summed E-state index contributed by atoms with van der Waals surface area (Å²) >= 11 is 0. The van der Waals surface area contributed by atoms with Gasteiger partial charge >= 0.3 is 0 Å². The smallest absolute Gasteiger partial charge is 0.254 e. The van der Waals surface area contributed by atoms with Gasteiger partial charge in [0.15, 0.2) is 0 Å². The number of sulfonamides is 1. The average molecular weight is 353 g/mol. The second-order valence-corrected chi connectivity index (χ2v) is 8.15. The molecule has 1 aliphatic heterocycles. The maximum absolute atomic E-state index is 12.8. The molecule has 24 heavy (non-hydrogen) atoms. The van der Waals surface area contributed by atoms with Gasteiger partial charge in [0, 0.05) is 31.7 Å². The fourth-order valence-corrected chi connectivity index (χ4v) is 4.57. The Morgan fingerprint density at radius 1 is 1.33 bits per heavy atom. The number of hydrogen-bond acceptors (Lipinski definition) is 4. The van der Waals surface area contributed by atoms with Crippen molar-refractivity contribution in [2.45, 2.75) is 32.1 Å². The molecule has 0 spiro atoms. The highest BCUT2D eigenvalue weighted by Gasteiger charge is 2.28. The summed E-state index contributed by atoms with van der Waals surface area (Å²) in [7, 11) is -3.57. The Labute approximate surface area is 144 Å². The molecule has 0 aromatic heterocycles. The van der Waals surface area contributed by atoms with Gasteiger partial charge in [0.1, 0.15) is 0 Å². The summed E-state index contributed by atoms with van der Waals surface area (Å²) in [6.45, 7) is 8.13. The molecular formula is C17H27N3O3S. The number of amides is 1. The number of benzene rings is 1. The van der Waals surface area contributed by atoms with Crippen molar-refractivity contribution in [3.05, 3.63) is 29.3 Å². The van der Waals surface area contributed by atoms with E-state index in [4.69, 9.17) is 5.73 Å². The summed E-state index contributed by atoms with van der Waals surface area (Å²) in [4.78, 5) is 14.7. The molecular weight excluding hydrogens is 326 g/mol. The van der Waals surface area contributed by atoms with Crippen molar-refractivity contribution in [3.8, 4) is 0 Å². The van der Waals surface area contributed by atoms with Crippen LogP contribution in [0.3, 0.4) is 0 Å². The van der Waals surface area contributed by atoms with E-state index in [1.807, 2.05) is 6.92 Å². The van der Waals surface area contributed by atoms with Crippen molar-refractivity contribution in [2.24, 2.45) is 11.7 Å². The van der Waals surface area contributed by atoms with E-state index >= 15 is 0 Å². The normalized spacial score (nSPS) is 18.4. The third kappa shape index (κ3) is 3.63. The number of aryl methyl sites for hydroxylation is 1. The molecule has 1 heterocycles. The Balaban J connectivity index is 2.34. The van der Waals surface area contributed by atoms with E-state index in [0.29, 0.717) is 44.2 Å². The van der Waals surface area contributed by atoms with E-state index < -0.39 is 10.0 Å². The molecule has 1 unspecified atom stereocenters. The van der Waals surface area contributed by atoms with Gasteiger partial charge in [-0.25, -0.2) is 8.42 Å². The van der Waals surface area contributed by atoms with E-state index in [0.717, 1.165) is 12.0 Å². The van der Waals surface area contributed by atoms with Crippen LogP contribution in [-0.4, -0.2) is 56.3 Å². The van der Waals surface area contributed by atoms with Crippen molar-refractivity contribution in [3.63, 3.8) is 0 Å². The summed E-state index contributed by atoms with van der Waals surface area (Å²) in [6, 6.07) is 4.80. The van der Waals surface area contributed by atoms with Gasteiger partial charge in [0.25, 0.3) is 5.91 Å². The van der Waals surface area contributed by atoms with Crippen LogP contribution in [0.2, 0.25) is 0 Å². The highest BCUT2D eigenvalue weighted by Crippen LogP contribution is 2.23. The molecule has 6 nitrogen and oxygen atoms in total. The number of carbonyl (C=O) groups excluding carboxylic acids is 1. The first-order valence-corrected chi connectivity index (χ1v) is 9.89. The highest BCUT2D eigenvalue weighted by atomic mass is 32.2. The molecule has 0 bridgehead atoms. The number of nitrogens with two attached hydrogens (primary N) is 1. The zero-order chi connectivity index (χ0) is 17.9. The molecule has 0 radical (unpaired) electrons. The van der Waals surface area contributed by atoms with Crippen LogP contribution in [-0.2, 0) is 10.0 Å². The number of rotatable bonds is 6. The lowest BCUT2D eigenvalue weighted by Gasteiger charge is -2.21. The van der Waals surface area contributed by atoms with E-state index in [1.165, 1.54) is 10.4 Å². The third-order valence-electron chi connectivity index (χ3n) is 4.69. The summed E-state index contributed by atoms with van der Waals surface area (Å²) < 4.78 is 26.8. The van der Waals surface area contributed by atoms with Crippen molar-refractivity contribution in [1.29, 1.82) is 0 Å². The first kappa shape index (κ1) is 18.9. The molecule has 0 saturated carbocycles. The van der Waals surface area contributed by atoms with Crippen molar-refractivity contribution in [2.75, 3.05) is 32.7 Å². The highest BCUT2D eigenvalue weighted by molar-refractivity contribution is 7.89. The van der Waals surface area contributed by atoms with E-state index in [-0.39, 0.29) is 10.8 Å². The van der Waals surface area contributed by atoms with E-state index in [1.54, 1.807) is 30.9 Å². The van der Waals surface area contributed by atoms with Gasteiger partial charge < -0.3 is 10.6 Å². The number of hydrogen-bond donors (Lipinski definition) is 1. The quantitative estimate of drug-likeness (QED) is 0.839. The van der Waals surface area contributed by atoms with Crippen molar-refractivity contribution >= 4 is 15.9 Å². The van der Waals surface area contributed by atoms with Gasteiger partial charge in [-0.1, -0.05) is 19.9 Å². The molecule has 7 heteroatoms. The molecule has 1 aromatic rings. The van der Waals surface area contributed by atoms with E-state index in [9.17, 15) is 13.2 Å². The Kier molecular flexibility index (Phi) is 6.01. The van der Waals surface area contributed by atoms with Crippen molar-refractivity contribution in [1.82, 2.24) is 9.21 Å². The lowest BCUT2D eigenvalue weighted by Crippen LogP contribution is -2.32. The first-order chi connectivity index (χ1) is 11.3. The third-order valence-corrected chi connectivity index (χ3v) is 6.73. The number of likely N-dealkylation sites (tertiary alicyclic amines) is 1. The molecule has 1 aromatic carbocycles. The predicted molar refractivity (Wildman–Crippen MR) is 94.4 cm³/mol. The van der Waals surface area contributed by atoms with E-state index in [2.05, 4.69) is 0 Å². The fourth-order valence-electron chi connectivity index (χ4n) is 3.08. The molecule has 1 atom stereocenters. The molecule has 2 N–H and O–H groups in total. The summed E-state index contributed by atoms with van der Waals surface area (Å²) in [5.41, 5.74) is 6.93. The van der Waals surface area contributed by atoms with Gasteiger partial charge in [0.2, 0.25) is 10.0 Å². The zero-order valence-electron chi connectivity index (χ0n) is 14.7. The summed E-state index contributed by atoms with van der Waals surface area (Å²) in [5.74, 6) is 0.219. The van der Waals surface area contributed by atoms with Crippen LogP contribution in [0.25, 0.3) is 0 Å². The molecule has 2 rings (SSSR count). The lowest BCUT2D eigenvalue weighted by molar-refractivity contribution is 0.0786. The Morgan fingerprint density at radius 3 is 2.54 bits per heavy atom. The molecule has 1 aliphatic rings. The van der Waals surface area contributed by atoms with Gasteiger partial charge in [-0.3, -0.25) is 4.79 Å². The molecule has 1 saturated heterocycles. The maximum Gasteiger partial charge on any atom is 0.254 e. The van der Waals surface area contributed by atoms with Crippen LogP contribution in [0, 0.1) is 12.8 Å². The van der Waals surface area contributed by atoms with Gasteiger partial charge in [-0.05, 0) is 43.5 Å².